The summed E-state index contributed by atoms with van der Waals surface area (Å²) < 4.78 is 6.63. The van der Waals surface area contributed by atoms with Gasteiger partial charge >= 0.3 is 172 Å². The van der Waals surface area contributed by atoms with E-state index in [1.807, 2.05) is 0 Å². The molecule has 1 rings (SSSR count). The van der Waals surface area contributed by atoms with E-state index < -0.39 is 6.83 Å². The van der Waals surface area contributed by atoms with E-state index in [2.05, 4.69) is 27.7 Å². The number of hydrogen-bond donors (Lipinski definition) is 2. The Kier molecular flexibility index (Phi) is 10.3. The Bertz CT molecular complexity index is 574. The van der Waals surface area contributed by atoms with Crippen LogP contribution in [-0.2, 0) is 4.52 Å². The summed E-state index contributed by atoms with van der Waals surface area (Å²) in [6.45, 7) is 6.12. The van der Waals surface area contributed by atoms with Crippen LogP contribution in [0.5, 0.6) is 5.75 Å². The van der Waals surface area contributed by atoms with Crippen LogP contribution in [0.1, 0.15) is 89.4 Å². The van der Waals surface area contributed by atoms with Gasteiger partial charge in [0.2, 0.25) is 0 Å². The van der Waals surface area contributed by atoms with Crippen LogP contribution in [0.3, 0.4) is 0 Å². The molecule has 0 amide bonds. The number of carbonyl (C=O) groups is 1. The Labute approximate surface area is 172 Å². The normalized spacial score (nSPS) is 13.1. The molecule has 0 atom stereocenters. The molecular weight excluding hydrogens is 369 g/mol. The van der Waals surface area contributed by atoms with Crippen molar-refractivity contribution in [3.63, 3.8) is 0 Å². The zero-order valence-electron chi connectivity index (χ0n) is 18.5. The van der Waals surface area contributed by atoms with E-state index in [9.17, 15) is 9.90 Å². The first-order valence-corrected chi connectivity index (χ1v) is 14.1. The molecule has 0 aliphatic carbocycles. The van der Waals surface area contributed by atoms with Gasteiger partial charge in [-0.1, -0.05) is 0 Å². The Morgan fingerprint density at radius 1 is 0.893 bits per heavy atom. The van der Waals surface area contributed by atoms with Crippen LogP contribution in [0.15, 0.2) is 18.2 Å². The molecule has 0 radical (unpaired) electrons. The van der Waals surface area contributed by atoms with Gasteiger partial charge in [0.25, 0.3) is 0 Å². The monoisotopic (exact) mass is 411 g/mol. The van der Waals surface area contributed by atoms with E-state index >= 15 is 0 Å². The number of benzene rings is 1. The van der Waals surface area contributed by atoms with Crippen LogP contribution < -0.4 is 5.73 Å². The number of nitrogen functional groups attached to an aromatic ring is 1. The first kappa shape index (κ1) is 24.8. The maximum absolute atomic E-state index is 13.3. The second kappa shape index (κ2) is 11.7. The first-order chi connectivity index (χ1) is 13.3. The number of nitrogens with two attached hydrogens (primary N) is 1. The molecule has 0 bridgehead atoms. The fourth-order valence-corrected chi connectivity index (χ4v) is 10.8. The van der Waals surface area contributed by atoms with Crippen molar-refractivity contribution in [3.8, 4) is 5.75 Å². The van der Waals surface area contributed by atoms with Gasteiger partial charge in [0.1, 0.15) is 0 Å². The van der Waals surface area contributed by atoms with E-state index in [1.165, 1.54) is 6.07 Å². The number of aromatic hydroxyl groups is 1. The molecule has 0 aromatic heterocycles. The maximum atomic E-state index is 13.3. The minimum atomic E-state index is -2.70. The molecule has 4 nitrogen and oxygen atoms in total. The van der Waals surface area contributed by atoms with Crippen LogP contribution in [0.4, 0.5) is 5.69 Å². The summed E-state index contributed by atoms with van der Waals surface area (Å²) in [5.74, 6) is -0.451. The number of anilines is 1. The molecule has 1 aromatic rings. The number of hydrogen-bond acceptors (Lipinski definition) is 4. The molecule has 0 spiro atoms. The van der Waals surface area contributed by atoms with Crippen LogP contribution in [0.2, 0.25) is 0 Å². The van der Waals surface area contributed by atoms with Crippen molar-refractivity contribution in [2.24, 2.45) is 0 Å². The SMILES string of the molecule is CCCCP(CCCC)(CCCC)(CCCC)OC(=O)c1ccc(N)cc1O. The average molecular weight is 412 g/mol. The van der Waals surface area contributed by atoms with Crippen molar-refractivity contribution in [2.45, 2.75) is 79.1 Å². The van der Waals surface area contributed by atoms with Crippen LogP contribution in [0, 0.1) is 0 Å². The third-order valence-electron chi connectivity index (χ3n) is 5.89. The van der Waals surface area contributed by atoms with E-state index in [0.717, 1.165) is 76.0 Å². The number of phenolic OH excluding ortho intramolecular Hbond substituents is 1. The molecule has 0 aliphatic rings. The van der Waals surface area contributed by atoms with E-state index in [0.29, 0.717) is 5.69 Å². The summed E-state index contributed by atoms with van der Waals surface area (Å²) in [7, 11) is 0. The van der Waals surface area contributed by atoms with Crippen molar-refractivity contribution in [1.29, 1.82) is 0 Å². The van der Waals surface area contributed by atoms with Gasteiger partial charge in [0.05, 0.1) is 0 Å². The zero-order chi connectivity index (χ0) is 21.1. The molecular formula is C23H42NO3P. The van der Waals surface area contributed by atoms with E-state index in [1.54, 1.807) is 12.1 Å². The summed E-state index contributed by atoms with van der Waals surface area (Å²) in [5, 5.41) is 10.3. The van der Waals surface area contributed by atoms with Gasteiger partial charge in [-0.2, -0.15) is 0 Å². The molecule has 5 heteroatoms. The summed E-state index contributed by atoms with van der Waals surface area (Å²) in [4.78, 5) is 13.3. The Hall–Kier alpha value is -1.28. The zero-order valence-corrected chi connectivity index (χ0v) is 19.4. The van der Waals surface area contributed by atoms with Gasteiger partial charge in [-0.05, 0) is 0 Å². The molecule has 28 heavy (non-hydrogen) atoms. The van der Waals surface area contributed by atoms with Crippen LogP contribution >= 0.6 is 6.83 Å². The van der Waals surface area contributed by atoms with Gasteiger partial charge < -0.3 is 0 Å². The molecule has 162 valence electrons. The Morgan fingerprint density at radius 3 is 1.68 bits per heavy atom. The third-order valence-corrected chi connectivity index (χ3v) is 12.4. The number of unbranched alkanes of at least 4 members (excludes halogenated alkanes) is 4. The molecule has 0 fully saturated rings. The van der Waals surface area contributed by atoms with Gasteiger partial charge in [0, 0.05) is 0 Å². The van der Waals surface area contributed by atoms with E-state index in [4.69, 9.17) is 10.3 Å². The quantitative estimate of drug-likeness (QED) is 0.261. The van der Waals surface area contributed by atoms with Crippen molar-refractivity contribution >= 4 is 18.5 Å². The molecule has 3 N–H and O–H groups in total. The number of carbonyl (C=O) groups excluding carboxylic acids is 1. The fraction of sp³-hybridized carbons (Fsp3) is 0.696. The second-order valence-electron chi connectivity index (χ2n) is 8.32. The fourth-order valence-electron chi connectivity index (χ4n) is 4.09. The van der Waals surface area contributed by atoms with Crippen LogP contribution in [0.25, 0.3) is 0 Å². The molecule has 0 saturated carbocycles. The topological polar surface area (TPSA) is 72.5 Å². The second-order valence-corrected chi connectivity index (χ2v) is 14.0. The van der Waals surface area contributed by atoms with Gasteiger partial charge in [-0.15, -0.1) is 0 Å². The van der Waals surface area contributed by atoms with Crippen molar-refractivity contribution in [2.75, 3.05) is 30.4 Å². The summed E-state index contributed by atoms with van der Waals surface area (Å²) in [5.41, 5.74) is 6.42. The van der Waals surface area contributed by atoms with Gasteiger partial charge in [0.15, 0.2) is 0 Å². The van der Waals surface area contributed by atoms with Crippen LogP contribution in [-0.4, -0.2) is 35.7 Å². The average Bonchev–Trinajstić information content (AvgIpc) is 2.68. The van der Waals surface area contributed by atoms with Crippen molar-refractivity contribution < 1.29 is 14.4 Å². The third kappa shape index (κ3) is 6.65. The molecule has 0 aliphatic heterocycles. The number of phenols is 1. The summed E-state index contributed by atoms with van der Waals surface area (Å²) in [6, 6.07) is 4.68. The van der Waals surface area contributed by atoms with Gasteiger partial charge in [-0.25, -0.2) is 0 Å². The van der Waals surface area contributed by atoms with E-state index in [-0.39, 0.29) is 17.3 Å². The Balaban J connectivity index is 3.38. The standard InChI is InChI=1S/C23H42NO3P/c1-5-9-15-28(16-10-6-2,17-11-7-3,18-12-8-4)27-23(26)21-14-13-20(24)19-22(21)25/h13-14,19,25H,5-12,15-18,24H2,1-4H3. The van der Waals surface area contributed by atoms with Gasteiger partial charge in [-0.3, -0.25) is 0 Å². The predicted molar refractivity (Wildman–Crippen MR) is 124 cm³/mol. The Morgan fingerprint density at radius 2 is 1.32 bits per heavy atom. The first-order valence-electron chi connectivity index (χ1n) is 11.2. The number of rotatable bonds is 14. The summed E-state index contributed by atoms with van der Waals surface area (Å²) >= 11 is 0. The predicted octanol–water partition coefficient (Wildman–Crippen LogP) is 6.80. The summed E-state index contributed by atoms with van der Waals surface area (Å²) in [6.07, 6.45) is 12.9. The molecule has 0 saturated heterocycles. The van der Waals surface area contributed by atoms with Crippen molar-refractivity contribution in [1.82, 2.24) is 0 Å². The van der Waals surface area contributed by atoms with Crippen molar-refractivity contribution in [3.05, 3.63) is 23.8 Å². The molecule has 0 unspecified atom stereocenters. The molecule has 0 heterocycles. The molecule has 1 aromatic carbocycles. The minimum absolute atomic E-state index is 0.0847.